The summed E-state index contributed by atoms with van der Waals surface area (Å²) in [5.41, 5.74) is 1.47. The maximum absolute atomic E-state index is 11.8. The zero-order valence-electron chi connectivity index (χ0n) is 10.8. The molecule has 1 fully saturated rings. The van der Waals surface area contributed by atoms with Gasteiger partial charge in [0.2, 0.25) is 0 Å². The first-order valence-corrected chi connectivity index (χ1v) is 6.17. The van der Waals surface area contributed by atoms with E-state index in [1.807, 2.05) is 23.1 Å². The lowest BCUT2D eigenvalue weighted by Crippen LogP contribution is -2.48. The molecule has 0 radical (unpaired) electrons. The first-order valence-electron chi connectivity index (χ1n) is 6.17. The molecule has 102 valence electrons. The van der Waals surface area contributed by atoms with E-state index in [1.165, 1.54) is 4.90 Å². The molecule has 0 aliphatic carbocycles. The Balaban J connectivity index is 2.15. The summed E-state index contributed by atoms with van der Waals surface area (Å²) in [5.74, 6) is -0.128. The van der Waals surface area contributed by atoms with Gasteiger partial charge in [-0.25, -0.2) is 4.79 Å². The molecular weight excluding hydrogens is 246 g/mol. The molecule has 0 unspecified atom stereocenters. The van der Waals surface area contributed by atoms with Gasteiger partial charge < -0.3 is 20.2 Å². The molecule has 1 aliphatic rings. The van der Waals surface area contributed by atoms with Crippen molar-refractivity contribution in [2.75, 3.05) is 38.1 Å². The zero-order chi connectivity index (χ0) is 13.8. The number of rotatable bonds is 2. The number of hydrogen-bond acceptors (Lipinski definition) is 3. The van der Waals surface area contributed by atoms with Gasteiger partial charge in [-0.15, -0.1) is 0 Å². The Morgan fingerprint density at radius 3 is 2.37 bits per heavy atom. The van der Waals surface area contributed by atoms with E-state index in [0.717, 1.165) is 5.69 Å². The van der Waals surface area contributed by atoms with E-state index < -0.39 is 6.09 Å². The molecule has 0 bridgehead atoms. The fraction of sp³-hybridized carbons (Fsp3) is 0.385. The first kappa shape index (κ1) is 13.2. The van der Waals surface area contributed by atoms with E-state index in [4.69, 9.17) is 5.11 Å². The third-order valence-electron chi connectivity index (χ3n) is 3.27. The molecule has 1 saturated heterocycles. The second-order valence-corrected chi connectivity index (χ2v) is 4.35. The lowest BCUT2D eigenvalue weighted by Gasteiger charge is -2.35. The summed E-state index contributed by atoms with van der Waals surface area (Å²) in [6, 6.07) is 7.37. The van der Waals surface area contributed by atoms with Crippen molar-refractivity contribution in [2.24, 2.45) is 0 Å². The monoisotopic (exact) mass is 263 g/mol. The Morgan fingerprint density at radius 2 is 1.79 bits per heavy atom. The molecule has 2 amide bonds. The predicted molar refractivity (Wildman–Crippen MR) is 71.6 cm³/mol. The number of nitrogens with zero attached hydrogens (tertiary/aromatic N) is 2. The Bertz CT molecular complexity index is 482. The number of amides is 2. The fourth-order valence-electron chi connectivity index (χ4n) is 2.21. The standard InChI is InChI=1S/C13H17N3O3/c1-14-12(17)10-4-2-3-5-11(10)15-6-8-16(9-7-15)13(18)19/h2-5H,6-9H2,1H3,(H,14,17)(H,18,19). The van der Waals surface area contributed by atoms with Crippen molar-refractivity contribution in [1.82, 2.24) is 10.2 Å². The number of carbonyl (C=O) groups is 2. The minimum Gasteiger partial charge on any atom is -0.465 e. The molecular formula is C13H17N3O3. The van der Waals surface area contributed by atoms with Crippen LogP contribution in [0.1, 0.15) is 10.4 Å². The molecule has 0 saturated carbocycles. The molecule has 1 aliphatic heterocycles. The molecule has 6 heteroatoms. The smallest absolute Gasteiger partial charge is 0.407 e. The predicted octanol–water partition coefficient (Wildman–Crippen LogP) is 0.846. The van der Waals surface area contributed by atoms with Crippen molar-refractivity contribution in [3.05, 3.63) is 29.8 Å². The minimum atomic E-state index is -0.890. The Morgan fingerprint density at radius 1 is 1.16 bits per heavy atom. The van der Waals surface area contributed by atoms with Crippen LogP contribution in [0.4, 0.5) is 10.5 Å². The summed E-state index contributed by atoms with van der Waals surface area (Å²) in [5, 5.41) is 11.5. The van der Waals surface area contributed by atoms with Gasteiger partial charge in [0, 0.05) is 38.9 Å². The number of carbonyl (C=O) groups excluding carboxylic acids is 1. The summed E-state index contributed by atoms with van der Waals surface area (Å²) < 4.78 is 0. The Hall–Kier alpha value is -2.24. The molecule has 1 aromatic carbocycles. The van der Waals surface area contributed by atoms with Crippen molar-refractivity contribution in [3.8, 4) is 0 Å². The quantitative estimate of drug-likeness (QED) is 0.829. The highest BCUT2D eigenvalue weighted by molar-refractivity contribution is 5.99. The van der Waals surface area contributed by atoms with Crippen LogP contribution in [0.5, 0.6) is 0 Å². The van der Waals surface area contributed by atoms with E-state index in [0.29, 0.717) is 31.7 Å². The number of para-hydroxylation sites is 1. The number of anilines is 1. The van der Waals surface area contributed by atoms with Gasteiger partial charge in [-0.05, 0) is 12.1 Å². The maximum atomic E-state index is 11.8. The summed E-state index contributed by atoms with van der Waals surface area (Å²) in [7, 11) is 1.60. The molecule has 6 nitrogen and oxygen atoms in total. The molecule has 2 rings (SSSR count). The molecule has 1 heterocycles. The highest BCUT2D eigenvalue weighted by Crippen LogP contribution is 2.21. The van der Waals surface area contributed by atoms with Gasteiger partial charge in [-0.3, -0.25) is 4.79 Å². The van der Waals surface area contributed by atoms with Crippen LogP contribution < -0.4 is 10.2 Å². The molecule has 0 aromatic heterocycles. The number of piperazine rings is 1. The molecule has 1 aromatic rings. The number of carboxylic acid groups (broad SMARTS) is 1. The van der Waals surface area contributed by atoms with Crippen LogP contribution in [0.15, 0.2) is 24.3 Å². The third-order valence-corrected chi connectivity index (χ3v) is 3.27. The van der Waals surface area contributed by atoms with Crippen LogP contribution in [-0.2, 0) is 0 Å². The lowest BCUT2D eigenvalue weighted by atomic mass is 10.1. The van der Waals surface area contributed by atoms with Crippen molar-refractivity contribution in [3.63, 3.8) is 0 Å². The van der Waals surface area contributed by atoms with Crippen LogP contribution >= 0.6 is 0 Å². The van der Waals surface area contributed by atoms with Gasteiger partial charge in [-0.1, -0.05) is 12.1 Å². The average Bonchev–Trinajstić information content (AvgIpc) is 2.46. The van der Waals surface area contributed by atoms with Crippen LogP contribution in [-0.4, -0.2) is 55.2 Å². The number of hydrogen-bond donors (Lipinski definition) is 2. The van der Waals surface area contributed by atoms with Gasteiger partial charge >= 0.3 is 6.09 Å². The van der Waals surface area contributed by atoms with Gasteiger partial charge in [0.1, 0.15) is 0 Å². The summed E-state index contributed by atoms with van der Waals surface area (Å²) >= 11 is 0. The van der Waals surface area contributed by atoms with Crippen molar-refractivity contribution >= 4 is 17.7 Å². The fourth-order valence-corrected chi connectivity index (χ4v) is 2.21. The summed E-state index contributed by atoms with van der Waals surface area (Å²) in [6.07, 6.45) is -0.890. The van der Waals surface area contributed by atoms with Gasteiger partial charge in [-0.2, -0.15) is 0 Å². The summed E-state index contributed by atoms with van der Waals surface area (Å²) in [6.45, 7) is 2.11. The lowest BCUT2D eigenvalue weighted by molar-refractivity contribution is 0.0963. The SMILES string of the molecule is CNC(=O)c1ccccc1N1CCN(C(=O)O)CC1. The molecule has 0 spiro atoms. The Kier molecular flexibility index (Phi) is 3.89. The highest BCUT2D eigenvalue weighted by Gasteiger charge is 2.23. The second-order valence-electron chi connectivity index (χ2n) is 4.35. The van der Waals surface area contributed by atoms with E-state index in [1.54, 1.807) is 13.1 Å². The van der Waals surface area contributed by atoms with Crippen molar-refractivity contribution < 1.29 is 14.7 Å². The second kappa shape index (κ2) is 5.60. The van der Waals surface area contributed by atoms with Crippen LogP contribution in [0, 0.1) is 0 Å². The van der Waals surface area contributed by atoms with Gasteiger partial charge in [0.15, 0.2) is 0 Å². The van der Waals surface area contributed by atoms with Gasteiger partial charge in [0.25, 0.3) is 5.91 Å². The molecule has 2 N–H and O–H groups in total. The van der Waals surface area contributed by atoms with E-state index in [-0.39, 0.29) is 5.91 Å². The zero-order valence-corrected chi connectivity index (χ0v) is 10.8. The maximum Gasteiger partial charge on any atom is 0.407 e. The normalized spacial score (nSPS) is 15.2. The van der Waals surface area contributed by atoms with Crippen molar-refractivity contribution in [2.45, 2.75) is 0 Å². The first-order chi connectivity index (χ1) is 9.13. The van der Waals surface area contributed by atoms with E-state index >= 15 is 0 Å². The van der Waals surface area contributed by atoms with Crippen molar-refractivity contribution in [1.29, 1.82) is 0 Å². The number of nitrogens with one attached hydrogen (secondary N) is 1. The number of benzene rings is 1. The molecule has 19 heavy (non-hydrogen) atoms. The van der Waals surface area contributed by atoms with Gasteiger partial charge in [0.05, 0.1) is 5.56 Å². The van der Waals surface area contributed by atoms with Crippen LogP contribution in [0.25, 0.3) is 0 Å². The average molecular weight is 263 g/mol. The highest BCUT2D eigenvalue weighted by atomic mass is 16.4. The third kappa shape index (κ3) is 2.78. The Labute approximate surface area is 111 Å². The molecule has 0 atom stereocenters. The largest absolute Gasteiger partial charge is 0.465 e. The summed E-state index contributed by atoms with van der Waals surface area (Å²) in [4.78, 5) is 26.1. The topological polar surface area (TPSA) is 72.9 Å². The van der Waals surface area contributed by atoms with E-state index in [2.05, 4.69) is 5.32 Å². The van der Waals surface area contributed by atoms with Crippen LogP contribution in [0.2, 0.25) is 0 Å². The van der Waals surface area contributed by atoms with Crippen LogP contribution in [0.3, 0.4) is 0 Å². The van der Waals surface area contributed by atoms with E-state index in [9.17, 15) is 9.59 Å². The minimum absolute atomic E-state index is 0.128.